The summed E-state index contributed by atoms with van der Waals surface area (Å²) in [5.41, 5.74) is 0.391. The van der Waals surface area contributed by atoms with Crippen LogP contribution in [0.3, 0.4) is 0 Å². The van der Waals surface area contributed by atoms with Crippen molar-refractivity contribution >= 4 is 5.97 Å². The van der Waals surface area contributed by atoms with Gasteiger partial charge in [-0.05, 0) is 55.7 Å². The van der Waals surface area contributed by atoms with Crippen LogP contribution < -0.4 is 9.47 Å². The lowest BCUT2D eigenvalue weighted by Gasteiger charge is -2.12. The fourth-order valence-corrected chi connectivity index (χ4v) is 2.21. The van der Waals surface area contributed by atoms with Crippen LogP contribution in [0.1, 0.15) is 48.9 Å². The van der Waals surface area contributed by atoms with Crippen molar-refractivity contribution in [1.29, 1.82) is 0 Å². The molecule has 0 aliphatic carbocycles. The average Bonchev–Trinajstić information content (AvgIpc) is 2.61. The molecule has 0 aromatic heterocycles. The summed E-state index contributed by atoms with van der Waals surface area (Å²) in [5.74, 6) is 12.6. The van der Waals surface area contributed by atoms with Crippen LogP contribution in [0.4, 0.5) is 0 Å². The lowest BCUT2D eigenvalue weighted by atomic mass is 10.2. The van der Waals surface area contributed by atoms with E-state index in [1.165, 1.54) is 7.11 Å². The standard InChI is InChI=1S/C20H22O4/c1-22-20(21)18-16-17-12-13-19(18)24-15-11-9-7-5-3-2-4-6-8-10-14-23-17/h12-13,16H,6-11,14-15H2,1H3. The van der Waals surface area contributed by atoms with Gasteiger partial charge in [-0.2, -0.15) is 0 Å². The summed E-state index contributed by atoms with van der Waals surface area (Å²) >= 11 is 0. The number of rotatable bonds is 1. The molecule has 2 aliphatic rings. The highest BCUT2D eigenvalue weighted by molar-refractivity contribution is 5.92. The van der Waals surface area contributed by atoms with Crippen molar-refractivity contribution in [2.75, 3.05) is 20.3 Å². The van der Waals surface area contributed by atoms with E-state index in [4.69, 9.17) is 14.2 Å². The molecule has 0 spiro atoms. The van der Waals surface area contributed by atoms with Crippen LogP contribution >= 0.6 is 0 Å². The number of methoxy groups -OCH3 is 1. The van der Waals surface area contributed by atoms with Gasteiger partial charge < -0.3 is 14.2 Å². The van der Waals surface area contributed by atoms with E-state index in [2.05, 4.69) is 23.7 Å². The van der Waals surface area contributed by atoms with Crippen molar-refractivity contribution in [3.05, 3.63) is 23.8 Å². The fourth-order valence-electron chi connectivity index (χ4n) is 2.21. The first-order valence-electron chi connectivity index (χ1n) is 8.25. The molecule has 0 radical (unpaired) electrons. The normalized spacial score (nSPS) is 15.2. The molecule has 0 unspecified atom stereocenters. The summed E-state index contributed by atoms with van der Waals surface area (Å²) in [6, 6.07) is 5.25. The molecular formula is C20H22O4. The van der Waals surface area contributed by atoms with Gasteiger partial charge >= 0.3 is 5.97 Å². The Hall–Kier alpha value is -2.59. The molecule has 4 heteroatoms. The number of carbonyl (C=O) groups is 1. The van der Waals surface area contributed by atoms with Gasteiger partial charge in [0.1, 0.15) is 17.1 Å². The molecule has 4 nitrogen and oxygen atoms in total. The van der Waals surface area contributed by atoms with E-state index >= 15 is 0 Å². The van der Waals surface area contributed by atoms with Crippen molar-refractivity contribution in [3.8, 4) is 35.2 Å². The Labute approximate surface area is 143 Å². The highest BCUT2D eigenvalue weighted by Gasteiger charge is 2.14. The van der Waals surface area contributed by atoms with Crippen LogP contribution in [0, 0.1) is 23.7 Å². The molecule has 2 aliphatic heterocycles. The number of benzene rings is 1. The molecule has 0 saturated carbocycles. The highest BCUT2D eigenvalue weighted by Crippen LogP contribution is 2.25. The van der Waals surface area contributed by atoms with Gasteiger partial charge in [-0.25, -0.2) is 4.79 Å². The molecule has 3 rings (SSSR count). The number of hydrogen-bond acceptors (Lipinski definition) is 4. The molecule has 1 aromatic carbocycles. The van der Waals surface area contributed by atoms with Crippen LogP contribution in [-0.2, 0) is 4.74 Å². The van der Waals surface area contributed by atoms with E-state index < -0.39 is 5.97 Å². The zero-order valence-electron chi connectivity index (χ0n) is 14.0. The maximum atomic E-state index is 12.0. The second-order valence-electron chi connectivity index (χ2n) is 5.36. The number of fused-ring (bicyclic) bond motifs is 13. The van der Waals surface area contributed by atoms with Crippen molar-refractivity contribution < 1.29 is 19.0 Å². The van der Waals surface area contributed by atoms with Gasteiger partial charge in [0.25, 0.3) is 0 Å². The monoisotopic (exact) mass is 326 g/mol. The highest BCUT2D eigenvalue weighted by atomic mass is 16.5. The molecular weight excluding hydrogens is 304 g/mol. The molecule has 0 N–H and O–H groups in total. The number of hydrogen-bond donors (Lipinski definition) is 0. The first kappa shape index (κ1) is 17.8. The maximum Gasteiger partial charge on any atom is 0.341 e. The fraction of sp³-hybridized carbons (Fsp3) is 0.450. The second kappa shape index (κ2) is 10.2. The first-order valence-corrected chi connectivity index (χ1v) is 8.25. The van der Waals surface area contributed by atoms with Gasteiger partial charge in [-0.1, -0.05) is 11.8 Å². The van der Waals surface area contributed by atoms with E-state index in [0.29, 0.717) is 30.3 Å². The quantitative estimate of drug-likeness (QED) is 0.584. The summed E-state index contributed by atoms with van der Waals surface area (Å²) in [7, 11) is 1.36. The molecule has 2 heterocycles. The average molecular weight is 326 g/mol. The van der Waals surface area contributed by atoms with Crippen LogP contribution in [-0.4, -0.2) is 26.3 Å². The van der Waals surface area contributed by atoms with Gasteiger partial charge in [-0.3, -0.25) is 0 Å². The Kier molecular flexibility index (Phi) is 7.57. The molecule has 2 bridgehead atoms. The van der Waals surface area contributed by atoms with Gasteiger partial charge in [0, 0.05) is 12.8 Å². The predicted octanol–water partition coefficient (Wildman–Crippen LogP) is 3.59. The summed E-state index contributed by atoms with van der Waals surface area (Å²) < 4.78 is 16.3. The Morgan fingerprint density at radius 3 is 2.33 bits per heavy atom. The Morgan fingerprint density at radius 1 is 1.00 bits per heavy atom. The third-order valence-corrected chi connectivity index (χ3v) is 3.51. The minimum Gasteiger partial charge on any atom is -0.494 e. The van der Waals surface area contributed by atoms with E-state index in [9.17, 15) is 4.79 Å². The van der Waals surface area contributed by atoms with Crippen molar-refractivity contribution in [1.82, 2.24) is 0 Å². The Morgan fingerprint density at radius 2 is 1.67 bits per heavy atom. The van der Waals surface area contributed by atoms with Gasteiger partial charge in [0.15, 0.2) is 0 Å². The van der Waals surface area contributed by atoms with Crippen molar-refractivity contribution in [2.24, 2.45) is 0 Å². The van der Waals surface area contributed by atoms with Crippen LogP contribution in [0.15, 0.2) is 18.2 Å². The number of esters is 1. The van der Waals surface area contributed by atoms with Gasteiger partial charge in [-0.15, -0.1) is 0 Å². The van der Waals surface area contributed by atoms with E-state index in [1.807, 2.05) is 6.07 Å². The van der Waals surface area contributed by atoms with E-state index in [0.717, 1.165) is 38.5 Å². The molecule has 0 amide bonds. The lowest BCUT2D eigenvalue weighted by molar-refractivity contribution is 0.0595. The third-order valence-electron chi connectivity index (χ3n) is 3.51. The Bertz CT molecular complexity index is 670. The summed E-state index contributed by atoms with van der Waals surface area (Å²) in [4.78, 5) is 12.0. The minimum atomic E-state index is -0.425. The smallest absolute Gasteiger partial charge is 0.341 e. The maximum absolute atomic E-state index is 12.0. The molecule has 0 atom stereocenters. The lowest BCUT2D eigenvalue weighted by Crippen LogP contribution is -2.08. The second-order valence-corrected chi connectivity index (χ2v) is 5.36. The molecule has 1 aromatic rings. The van der Waals surface area contributed by atoms with Crippen LogP contribution in [0.25, 0.3) is 0 Å². The molecule has 126 valence electrons. The largest absolute Gasteiger partial charge is 0.494 e. The van der Waals surface area contributed by atoms with Crippen molar-refractivity contribution in [3.63, 3.8) is 0 Å². The summed E-state index contributed by atoms with van der Waals surface area (Å²) in [6.45, 7) is 1.10. The van der Waals surface area contributed by atoms with Crippen molar-refractivity contribution in [2.45, 2.75) is 38.5 Å². The van der Waals surface area contributed by atoms with Gasteiger partial charge in [0.2, 0.25) is 0 Å². The van der Waals surface area contributed by atoms with Crippen LogP contribution in [0.5, 0.6) is 11.5 Å². The van der Waals surface area contributed by atoms with Crippen LogP contribution in [0.2, 0.25) is 0 Å². The van der Waals surface area contributed by atoms with Gasteiger partial charge in [0.05, 0.1) is 20.3 Å². The predicted molar refractivity (Wildman–Crippen MR) is 92.0 cm³/mol. The topological polar surface area (TPSA) is 44.8 Å². The SMILES string of the molecule is COC(=O)c1cc2ccc1OCCCCC#CC#CCCCCO2. The zero-order chi connectivity index (χ0) is 17.0. The first-order chi connectivity index (χ1) is 11.8. The minimum absolute atomic E-state index is 0.391. The molecule has 0 saturated heterocycles. The van der Waals surface area contributed by atoms with E-state index in [-0.39, 0.29) is 0 Å². The van der Waals surface area contributed by atoms with E-state index in [1.54, 1.807) is 12.1 Å². The summed E-state index contributed by atoms with van der Waals surface area (Å²) in [5, 5.41) is 0. The Balaban J connectivity index is 2.10. The number of carbonyl (C=O) groups excluding carboxylic acids is 1. The third kappa shape index (κ3) is 5.89. The molecule has 0 fully saturated rings. The molecule has 24 heavy (non-hydrogen) atoms. The summed E-state index contributed by atoms with van der Waals surface area (Å²) in [6.07, 6.45) is 5.27. The zero-order valence-corrected chi connectivity index (χ0v) is 14.0. The number of ether oxygens (including phenoxy) is 3.